The molecule has 17 heavy (non-hydrogen) atoms. The molecule has 0 saturated carbocycles. The summed E-state index contributed by atoms with van der Waals surface area (Å²) in [5.41, 5.74) is 0. The predicted molar refractivity (Wildman–Crippen MR) is 80.4 cm³/mol. The molecule has 0 aromatic carbocycles. The Morgan fingerprint density at radius 3 is 1.65 bits per heavy atom. The van der Waals surface area contributed by atoms with Gasteiger partial charge in [-0.25, -0.2) is 0 Å². The molecule has 0 aromatic rings. The molecule has 0 aliphatic rings. The smallest absolute Gasteiger partial charge is 0.0351 e. The van der Waals surface area contributed by atoms with Crippen LogP contribution >= 0.6 is 0 Å². The van der Waals surface area contributed by atoms with Gasteiger partial charge in [0.1, 0.15) is 0 Å². The summed E-state index contributed by atoms with van der Waals surface area (Å²) in [5, 5.41) is 0. The maximum absolute atomic E-state index is 3.75. The summed E-state index contributed by atoms with van der Waals surface area (Å²) < 4.78 is 0. The van der Waals surface area contributed by atoms with E-state index in [4.69, 9.17) is 0 Å². The van der Waals surface area contributed by atoms with Gasteiger partial charge in [-0.05, 0) is 32.1 Å². The Labute approximate surface area is 109 Å². The first kappa shape index (κ1) is 16.5. The van der Waals surface area contributed by atoms with Gasteiger partial charge >= 0.3 is 0 Å². The SMILES string of the molecule is C=CCCCCCCCCC/C=C/CCCC. The Kier molecular flexibility index (Phi) is 15.0. The average molecular weight is 236 g/mol. The lowest BCUT2D eigenvalue weighted by atomic mass is 10.1. The highest BCUT2D eigenvalue weighted by atomic mass is 14.0. The van der Waals surface area contributed by atoms with Crippen molar-refractivity contribution in [2.75, 3.05) is 0 Å². The van der Waals surface area contributed by atoms with E-state index in [2.05, 4.69) is 25.7 Å². The van der Waals surface area contributed by atoms with E-state index in [-0.39, 0.29) is 0 Å². The summed E-state index contributed by atoms with van der Waals surface area (Å²) in [6, 6.07) is 0. The second-order valence-corrected chi connectivity index (χ2v) is 4.95. The van der Waals surface area contributed by atoms with E-state index in [0.29, 0.717) is 0 Å². The Bertz CT molecular complexity index is 167. The van der Waals surface area contributed by atoms with Crippen molar-refractivity contribution >= 4 is 0 Å². The van der Waals surface area contributed by atoms with E-state index in [9.17, 15) is 0 Å². The molecule has 0 aromatic heterocycles. The van der Waals surface area contributed by atoms with Crippen LogP contribution in [0.5, 0.6) is 0 Å². The summed E-state index contributed by atoms with van der Waals surface area (Å²) in [6.07, 6.45) is 23.0. The van der Waals surface area contributed by atoms with E-state index >= 15 is 0 Å². The van der Waals surface area contributed by atoms with Gasteiger partial charge in [-0.15, -0.1) is 6.58 Å². The monoisotopic (exact) mass is 236 g/mol. The molecule has 0 saturated heterocycles. The number of allylic oxidation sites excluding steroid dienone is 3. The molecule has 0 N–H and O–H groups in total. The van der Waals surface area contributed by atoms with Gasteiger partial charge in [0.2, 0.25) is 0 Å². The second-order valence-electron chi connectivity index (χ2n) is 4.95. The summed E-state index contributed by atoms with van der Waals surface area (Å²) in [5.74, 6) is 0. The Morgan fingerprint density at radius 2 is 1.12 bits per heavy atom. The number of hydrogen-bond donors (Lipinski definition) is 0. The Hall–Kier alpha value is -0.520. The molecule has 0 aliphatic heterocycles. The van der Waals surface area contributed by atoms with Crippen LogP contribution in [0.2, 0.25) is 0 Å². The highest BCUT2D eigenvalue weighted by Gasteiger charge is 1.90. The zero-order chi connectivity index (χ0) is 12.6. The van der Waals surface area contributed by atoms with Gasteiger partial charge in [-0.1, -0.05) is 70.1 Å². The molecule has 0 unspecified atom stereocenters. The van der Waals surface area contributed by atoms with Crippen LogP contribution in [0, 0.1) is 0 Å². The van der Waals surface area contributed by atoms with Gasteiger partial charge in [0.25, 0.3) is 0 Å². The molecular formula is C17H32. The van der Waals surface area contributed by atoms with Crippen LogP contribution in [-0.2, 0) is 0 Å². The second kappa shape index (κ2) is 15.5. The molecular weight excluding hydrogens is 204 g/mol. The molecule has 100 valence electrons. The molecule has 0 amide bonds. The van der Waals surface area contributed by atoms with Crippen LogP contribution in [0.3, 0.4) is 0 Å². The highest BCUT2D eigenvalue weighted by molar-refractivity contribution is 4.81. The highest BCUT2D eigenvalue weighted by Crippen LogP contribution is 2.10. The average Bonchev–Trinajstić information content (AvgIpc) is 2.35. The number of rotatable bonds is 13. The summed E-state index contributed by atoms with van der Waals surface area (Å²) >= 11 is 0. The van der Waals surface area contributed by atoms with E-state index in [1.807, 2.05) is 6.08 Å². The first-order valence-electron chi connectivity index (χ1n) is 7.67. The first-order chi connectivity index (χ1) is 8.41. The molecule has 0 atom stereocenters. The molecule has 0 rings (SSSR count). The fourth-order valence-corrected chi connectivity index (χ4v) is 1.99. The Balaban J connectivity index is 2.98. The van der Waals surface area contributed by atoms with Crippen LogP contribution < -0.4 is 0 Å². The summed E-state index contributed by atoms with van der Waals surface area (Å²) in [7, 11) is 0. The molecule has 0 spiro atoms. The molecule has 0 heteroatoms. The maximum Gasteiger partial charge on any atom is -0.0351 e. The quantitative estimate of drug-likeness (QED) is 0.255. The minimum atomic E-state index is 1.20. The topological polar surface area (TPSA) is 0 Å². The normalized spacial score (nSPS) is 11.1. The van der Waals surface area contributed by atoms with Crippen molar-refractivity contribution in [3.05, 3.63) is 24.8 Å². The predicted octanol–water partition coefficient (Wildman–Crippen LogP) is 6.43. The van der Waals surface area contributed by atoms with E-state index in [1.165, 1.54) is 77.0 Å². The third-order valence-electron chi connectivity index (χ3n) is 3.17. The molecule has 0 radical (unpaired) electrons. The van der Waals surface area contributed by atoms with Crippen molar-refractivity contribution in [1.29, 1.82) is 0 Å². The lowest BCUT2D eigenvalue weighted by molar-refractivity contribution is 0.583. The van der Waals surface area contributed by atoms with Crippen LogP contribution in [-0.4, -0.2) is 0 Å². The lowest BCUT2D eigenvalue weighted by Crippen LogP contribution is -1.80. The maximum atomic E-state index is 3.75. The van der Waals surface area contributed by atoms with Gasteiger partial charge in [-0.2, -0.15) is 0 Å². The summed E-state index contributed by atoms with van der Waals surface area (Å²) in [4.78, 5) is 0. The largest absolute Gasteiger partial charge is 0.103 e. The van der Waals surface area contributed by atoms with Crippen molar-refractivity contribution in [3.63, 3.8) is 0 Å². The van der Waals surface area contributed by atoms with E-state index in [0.717, 1.165) is 0 Å². The van der Waals surface area contributed by atoms with Gasteiger partial charge in [0.15, 0.2) is 0 Å². The first-order valence-corrected chi connectivity index (χ1v) is 7.67. The van der Waals surface area contributed by atoms with Crippen molar-refractivity contribution in [2.24, 2.45) is 0 Å². The van der Waals surface area contributed by atoms with Gasteiger partial charge in [-0.3, -0.25) is 0 Å². The van der Waals surface area contributed by atoms with Crippen molar-refractivity contribution < 1.29 is 0 Å². The van der Waals surface area contributed by atoms with E-state index < -0.39 is 0 Å². The standard InChI is InChI=1S/C17H32/c1-3-5-7-9-11-13-15-17-16-14-12-10-8-6-4-2/h3,10,12H,1,4-9,11,13-17H2,2H3/b12-10+. The summed E-state index contributed by atoms with van der Waals surface area (Å²) in [6.45, 7) is 6.00. The van der Waals surface area contributed by atoms with Crippen LogP contribution in [0.4, 0.5) is 0 Å². The minimum absolute atomic E-state index is 1.20. The van der Waals surface area contributed by atoms with Gasteiger partial charge < -0.3 is 0 Å². The minimum Gasteiger partial charge on any atom is -0.103 e. The molecule has 0 bridgehead atoms. The van der Waals surface area contributed by atoms with Gasteiger partial charge in [0.05, 0.1) is 0 Å². The van der Waals surface area contributed by atoms with Crippen molar-refractivity contribution in [1.82, 2.24) is 0 Å². The fraction of sp³-hybridized carbons (Fsp3) is 0.765. The molecule has 0 aliphatic carbocycles. The van der Waals surface area contributed by atoms with Crippen molar-refractivity contribution in [3.8, 4) is 0 Å². The molecule has 0 heterocycles. The zero-order valence-electron chi connectivity index (χ0n) is 11.9. The fourth-order valence-electron chi connectivity index (χ4n) is 1.99. The molecule has 0 fully saturated rings. The van der Waals surface area contributed by atoms with Crippen LogP contribution in [0.25, 0.3) is 0 Å². The zero-order valence-corrected chi connectivity index (χ0v) is 11.9. The van der Waals surface area contributed by atoms with Crippen LogP contribution in [0.1, 0.15) is 84.0 Å². The third kappa shape index (κ3) is 15.5. The molecule has 0 nitrogen and oxygen atoms in total. The van der Waals surface area contributed by atoms with Crippen molar-refractivity contribution in [2.45, 2.75) is 84.0 Å². The van der Waals surface area contributed by atoms with E-state index in [1.54, 1.807) is 0 Å². The lowest BCUT2D eigenvalue weighted by Gasteiger charge is -2.00. The van der Waals surface area contributed by atoms with Gasteiger partial charge in [0, 0.05) is 0 Å². The third-order valence-corrected chi connectivity index (χ3v) is 3.17. The number of hydrogen-bond acceptors (Lipinski definition) is 0. The number of unbranched alkanes of at least 4 members (excludes halogenated alkanes) is 10. The van der Waals surface area contributed by atoms with Crippen LogP contribution in [0.15, 0.2) is 24.8 Å². The Morgan fingerprint density at radius 1 is 0.647 bits per heavy atom.